The molecular formula is C17H31N6O8P. The molecule has 0 spiro atoms. The van der Waals surface area contributed by atoms with E-state index in [1.54, 1.807) is 0 Å². The summed E-state index contributed by atoms with van der Waals surface area (Å²) in [5, 5.41) is 20.8. The van der Waals surface area contributed by atoms with E-state index in [-0.39, 0.29) is 17.1 Å². The average Bonchev–Trinajstić information content (AvgIpc) is 3.21. The van der Waals surface area contributed by atoms with Crippen molar-refractivity contribution in [2.45, 2.75) is 51.7 Å². The van der Waals surface area contributed by atoms with Crippen LogP contribution in [-0.2, 0) is 13.8 Å². The molecule has 2 aromatic heterocycles. The van der Waals surface area contributed by atoms with Crippen molar-refractivity contribution >= 4 is 24.9 Å². The molecular weight excluding hydrogens is 447 g/mol. The molecule has 1 fully saturated rings. The fourth-order valence-corrected chi connectivity index (χ4v) is 3.67. The van der Waals surface area contributed by atoms with Crippen molar-refractivity contribution in [2.75, 3.05) is 32.0 Å². The van der Waals surface area contributed by atoms with E-state index in [2.05, 4.69) is 45.1 Å². The summed E-state index contributed by atoms with van der Waals surface area (Å²) in [6.07, 6.45) is -2.87. The van der Waals surface area contributed by atoms with Gasteiger partial charge in [-0.1, -0.05) is 20.8 Å². The molecule has 0 saturated carbocycles. The lowest BCUT2D eigenvalue weighted by atomic mass is 9.96. The van der Waals surface area contributed by atoms with Gasteiger partial charge < -0.3 is 35.4 Å². The third-order valence-corrected chi connectivity index (χ3v) is 5.69. The third kappa shape index (κ3) is 5.91. The minimum Gasteiger partial charge on any atom is -0.387 e. The summed E-state index contributed by atoms with van der Waals surface area (Å²) >= 11 is 0. The lowest BCUT2D eigenvalue weighted by Crippen LogP contribution is -2.44. The lowest BCUT2D eigenvalue weighted by Gasteiger charge is -2.27. The highest BCUT2D eigenvalue weighted by Crippen LogP contribution is 2.42. The van der Waals surface area contributed by atoms with Gasteiger partial charge in [0, 0.05) is 0 Å². The number of fused-ring (bicyclic) bond motifs is 1. The molecule has 14 nitrogen and oxygen atoms in total. The van der Waals surface area contributed by atoms with Crippen molar-refractivity contribution in [3.8, 4) is 0 Å². The highest BCUT2D eigenvalue weighted by atomic mass is 31.2. The normalized spacial score (nSPS) is 25.8. The molecule has 0 bridgehead atoms. The van der Waals surface area contributed by atoms with Crippen LogP contribution < -0.4 is 11.3 Å². The Morgan fingerprint density at radius 3 is 2.44 bits per heavy atom. The smallest absolute Gasteiger partial charge is 0.387 e. The molecule has 2 aromatic rings. The summed E-state index contributed by atoms with van der Waals surface area (Å²) < 4.78 is 21.8. The second-order valence-electron chi connectivity index (χ2n) is 7.38. The molecule has 7 N–H and O–H groups in total. The molecule has 0 amide bonds. The molecule has 1 aliphatic rings. The second kappa shape index (κ2) is 10.4. The van der Waals surface area contributed by atoms with Gasteiger partial charge in [-0.3, -0.25) is 18.9 Å². The number of nitrogens with two attached hydrogens (primary N) is 1. The zero-order chi connectivity index (χ0) is 24.3. The fraction of sp³-hybridized carbons (Fsp3) is 0.706. The Balaban J connectivity index is 0.000000451. The predicted octanol–water partition coefficient (Wildman–Crippen LogP) is -0.831. The first-order valence-corrected chi connectivity index (χ1v) is 11.6. The zero-order valence-electron chi connectivity index (χ0n) is 18.4. The van der Waals surface area contributed by atoms with Crippen LogP contribution in [0.2, 0.25) is 0 Å². The van der Waals surface area contributed by atoms with Crippen LogP contribution in [0.25, 0.3) is 11.2 Å². The van der Waals surface area contributed by atoms with E-state index in [1.807, 2.05) is 0 Å². The van der Waals surface area contributed by atoms with Gasteiger partial charge in [0.25, 0.3) is 5.56 Å². The van der Waals surface area contributed by atoms with Crippen molar-refractivity contribution < 1.29 is 33.8 Å². The van der Waals surface area contributed by atoms with Crippen LogP contribution in [0.5, 0.6) is 0 Å². The van der Waals surface area contributed by atoms with Gasteiger partial charge in [0.1, 0.15) is 17.8 Å². The molecule has 4 atom stereocenters. The Hall–Kier alpha value is -1.90. The Morgan fingerprint density at radius 2 is 1.94 bits per heavy atom. The number of anilines is 1. The topological polar surface area (TPSA) is 209 Å². The van der Waals surface area contributed by atoms with Crippen molar-refractivity contribution in [3.05, 3.63) is 16.7 Å². The van der Waals surface area contributed by atoms with E-state index >= 15 is 0 Å². The summed E-state index contributed by atoms with van der Waals surface area (Å²) in [4.78, 5) is 41.8. The highest BCUT2D eigenvalue weighted by molar-refractivity contribution is 7.46. The number of phosphoric ester groups is 1. The Kier molecular flexibility index (Phi) is 8.53. The largest absolute Gasteiger partial charge is 0.469 e. The average molecular weight is 478 g/mol. The monoisotopic (exact) mass is 478 g/mol. The van der Waals surface area contributed by atoms with Crippen LogP contribution in [0, 0.1) is 0 Å². The fourth-order valence-electron chi connectivity index (χ4n) is 3.33. The van der Waals surface area contributed by atoms with Crippen LogP contribution in [-0.4, -0.2) is 88.5 Å². The quantitative estimate of drug-likeness (QED) is 0.269. The maximum absolute atomic E-state index is 11.8. The van der Waals surface area contributed by atoms with E-state index in [9.17, 15) is 19.6 Å². The van der Waals surface area contributed by atoms with Crippen molar-refractivity contribution in [1.82, 2.24) is 24.4 Å². The van der Waals surface area contributed by atoms with E-state index in [4.69, 9.17) is 20.3 Å². The summed E-state index contributed by atoms with van der Waals surface area (Å²) in [5.74, 6) is -0.182. The number of nitrogens with zero attached hydrogens (tertiary/aromatic N) is 4. The van der Waals surface area contributed by atoms with Gasteiger partial charge >= 0.3 is 7.82 Å². The molecule has 3 rings (SSSR count). The van der Waals surface area contributed by atoms with E-state index in [0.29, 0.717) is 0 Å². The number of nitrogen functional groups attached to an aromatic ring is 1. The number of aliphatic hydroxyl groups is 2. The summed E-state index contributed by atoms with van der Waals surface area (Å²) in [7, 11) is -4.78. The first-order valence-electron chi connectivity index (χ1n) is 10.1. The minimum atomic E-state index is -4.78. The molecule has 0 aliphatic carbocycles. The van der Waals surface area contributed by atoms with Gasteiger partial charge in [-0.25, -0.2) is 9.55 Å². The maximum Gasteiger partial charge on any atom is 0.469 e. The number of aromatic nitrogens is 4. The van der Waals surface area contributed by atoms with Crippen LogP contribution in [0.15, 0.2) is 11.1 Å². The standard InChI is InChI=1S/C11H16N5O8P.C6H15N/c1-11(19)6(17)4(2-23-25(20,21)22)24-9(11)16-3-13-5-7(16)14-10(12)15-8(5)18;1-4-7(5-2)6-3/h3-4,6,9,17,19H,2H2,1H3,(H2,20,21,22)(H3,12,14,15,18);4-6H2,1-3H3/t4-,6-,9-,11-;/m1./s1. The summed E-state index contributed by atoms with van der Waals surface area (Å²) in [6, 6.07) is 0. The molecule has 0 radical (unpaired) electrons. The van der Waals surface area contributed by atoms with Crippen LogP contribution in [0.4, 0.5) is 5.95 Å². The van der Waals surface area contributed by atoms with Crippen molar-refractivity contribution in [2.24, 2.45) is 0 Å². The molecule has 15 heteroatoms. The number of aromatic amines is 1. The van der Waals surface area contributed by atoms with Crippen molar-refractivity contribution in [1.29, 1.82) is 0 Å². The first kappa shape index (κ1) is 26.4. The minimum absolute atomic E-state index is 0.00952. The van der Waals surface area contributed by atoms with Gasteiger partial charge in [-0.15, -0.1) is 0 Å². The van der Waals surface area contributed by atoms with Crippen LogP contribution in [0.1, 0.15) is 33.9 Å². The zero-order valence-corrected chi connectivity index (χ0v) is 19.3. The molecule has 32 heavy (non-hydrogen) atoms. The van der Waals surface area contributed by atoms with Crippen molar-refractivity contribution in [3.63, 3.8) is 0 Å². The second-order valence-corrected chi connectivity index (χ2v) is 8.62. The number of H-pyrrole nitrogens is 1. The highest BCUT2D eigenvalue weighted by Gasteiger charge is 2.54. The molecule has 1 saturated heterocycles. The SMILES string of the molecule is CCN(CC)CC.C[C@@]1(O)[C@H](O)[C@@H](COP(=O)(O)O)O[C@H]1n1cnc2c(=O)[nH]c(N)nc21. The van der Waals surface area contributed by atoms with Gasteiger partial charge in [0.05, 0.1) is 12.9 Å². The molecule has 0 unspecified atom stereocenters. The molecule has 182 valence electrons. The van der Waals surface area contributed by atoms with Gasteiger partial charge in [0.2, 0.25) is 5.95 Å². The number of nitrogens with one attached hydrogen (secondary N) is 1. The lowest BCUT2D eigenvalue weighted by molar-refractivity contribution is -0.0949. The van der Waals surface area contributed by atoms with Gasteiger partial charge in [0.15, 0.2) is 17.4 Å². The maximum atomic E-state index is 11.8. The summed E-state index contributed by atoms with van der Waals surface area (Å²) in [6.45, 7) is 10.7. The van der Waals surface area contributed by atoms with E-state index in [1.165, 1.54) is 37.5 Å². The number of rotatable bonds is 7. The Morgan fingerprint density at radius 1 is 1.34 bits per heavy atom. The molecule has 1 aliphatic heterocycles. The molecule has 3 heterocycles. The predicted molar refractivity (Wildman–Crippen MR) is 115 cm³/mol. The number of hydrogen-bond donors (Lipinski definition) is 6. The summed E-state index contributed by atoms with van der Waals surface area (Å²) in [5.41, 5.74) is 2.96. The third-order valence-electron chi connectivity index (χ3n) is 5.21. The Bertz CT molecular complexity index is 995. The number of hydrogen-bond acceptors (Lipinski definition) is 10. The van der Waals surface area contributed by atoms with Gasteiger partial charge in [-0.2, -0.15) is 4.98 Å². The first-order chi connectivity index (χ1) is 14.8. The molecule has 0 aromatic carbocycles. The number of aliphatic hydroxyl groups excluding tert-OH is 1. The van der Waals surface area contributed by atoms with Crippen LogP contribution >= 0.6 is 7.82 Å². The number of ether oxygens (including phenoxy) is 1. The van der Waals surface area contributed by atoms with Gasteiger partial charge in [-0.05, 0) is 26.6 Å². The van der Waals surface area contributed by atoms with E-state index in [0.717, 1.165) is 0 Å². The van der Waals surface area contributed by atoms with Crippen LogP contribution in [0.3, 0.4) is 0 Å². The Labute approximate surface area is 184 Å². The number of phosphoric acid groups is 1. The number of imidazole rings is 1. The van der Waals surface area contributed by atoms with E-state index < -0.39 is 44.0 Å².